The molecule has 1 heterocycles. The van der Waals surface area contributed by atoms with Gasteiger partial charge in [-0.3, -0.25) is 20.0 Å². The summed E-state index contributed by atoms with van der Waals surface area (Å²) in [5.41, 5.74) is 1.56. The zero-order chi connectivity index (χ0) is 13.8. The number of nitrogens with zero attached hydrogens (tertiary/aromatic N) is 2. The number of carbonyl (C=O) groups is 1. The summed E-state index contributed by atoms with van der Waals surface area (Å²) in [5.74, 6) is 5.08. The molecule has 1 unspecified atom stereocenters. The van der Waals surface area contributed by atoms with Crippen molar-refractivity contribution in [2.75, 3.05) is 32.7 Å². The Balaban J connectivity index is 2.45. The molecule has 0 bridgehead atoms. The first kappa shape index (κ1) is 15.4. The summed E-state index contributed by atoms with van der Waals surface area (Å²) in [4.78, 5) is 16.0. The fourth-order valence-corrected chi connectivity index (χ4v) is 2.49. The first-order valence-corrected chi connectivity index (χ1v) is 6.56. The number of hydrogen-bond donors (Lipinski definition) is 3. The van der Waals surface area contributed by atoms with E-state index in [4.69, 9.17) is 5.84 Å². The molecular weight excluding hydrogens is 232 g/mol. The van der Waals surface area contributed by atoms with Gasteiger partial charge in [-0.05, 0) is 20.3 Å². The normalized spacial score (nSPS) is 20.7. The second kappa shape index (κ2) is 6.47. The summed E-state index contributed by atoms with van der Waals surface area (Å²) < 4.78 is 0. The van der Waals surface area contributed by atoms with Gasteiger partial charge in [-0.15, -0.1) is 0 Å². The molecule has 0 saturated carbocycles. The molecule has 0 aliphatic carbocycles. The smallest absolute Gasteiger partial charge is 0.251 e. The summed E-state index contributed by atoms with van der Waals surface area (Å²) in [7, 11) is 0. The van der Waals surface area contributed by atoms with E-state index in [0.29, 0.717) is 6.54 Å². The number of amides is 1. The molecule has 1 aliphatic heterocycles. The average Bonchev–Trinajstić information content (AvgIpc) is 2.30. The molecule has 1 saturated heterocycles. The van der Waals surface area contributed by atoms with Crippen LogP contribution in [-0.4, -0.2) is 65.2 Å². The maximum atomic E-state index is 11.6. The second-order valence-corrected chi connectivity index (χ2v) is 5.56. The molecule has 1 aliphatic rings. The van der Waals surface area contributed by atoms with Gasteiger partial charge in [-0.2, -0.15) is 0 Å². The highest BCUT2D eigenvalue weighted by Gasteiger charge is 2.28. The van der Waals surface area contributed by atoms with Crippen molar-refractivity contribution in [1.29, 1.82) is 0 Å². The van der Waals surface area contributed by atoms with Crippen molar-refractivity contribution in [2.45, 2.75) is 38.8 Å². The summed E-state index contributed by atoms with van der Waals surface area (Å²) >= 11 is 0. The maximum absolute atomic E-state index is 11.6. The van der Waals surface area contributed by atoms with Crippen LogP contribution in [0.3, 0.4) is 0 Å². The Kier molecular flexibility index (Phi) is 5.52. The molecule has 18 heavy (non-hydrogen) atoms. The van der Waals surface area contributed by atoms with Gasteiger partial charge in [0, 0.05) is 32.7 Å². The number of rotatable bonds is 5. The van der Waals surface area contributed by atoms with Gasteiger partial charge in [-0.25, -0.2) is 5.84 Å². The Hall–Kier alpha value is -0.690. The SMILES string of the molecule is CCC(C(=O)NN)N1CCN(CC(C)(C)O)CC1. The second-order valence-electron chi connectivity index (χ2n) is 5.56. The van der Waals surface area contributed by atoms with Crippen LogP contribution < -0.4 is 11.3 Å². The van der Waals surface area contributed by atoms with Crippen LogP contribution in [0.25, 0.3) is 0 Å². The molecule has 0 spiro atoms. The van der Waals surface area contributed by atoms with Crippen LogP contribution in [0, 0.1) is 0 Å². The molecule has 1 amide bonds. The lowest BCUT2D eigenvalue weighted by Gasteiger charge is -2.39. The van der Waals surface area contributed by atoms with E-state index in [-0.39, 0.29) is 11.9 Å². The monoisotopic (exact) mass is 258 g/mol. The maximum Gasteiger partial charge on any atom is 0.251 e. The molecule has 0 aromatic heterocycles. The van der Waals surface area contributed by atoms with Crippen molar-refractivity contribution in [3.8, 4) is 0 Å². The van der Waals surface area contributed by atoms with Crippen LogP contribution in [0.15, 0.2) is 0 Å². The van der Waals surface area contributed by atoms with Crippen molar-refractivity contribution in [2.24, 2.45) is 5.84 Å². The highest BCUT2D eigenvalue weighted by Crippen LogP contribution is 2.12. The zero-order valence-corrected chi connectivity index (χ0v) is 11.6. The first-order valence-electron chi connectivity index (χ1n) is 6.56. The van der Waals surface area contributed by atoms with E-state index in [1.165, 1.54) is 0 Å². The third kappa shape index (κ3) is 4.53. The van der Waals surface area contributed by atoms with Crippen LogP contribution in [0.1, 0.15) is 27.2 Å². The Morgan fingerprint density at radius 2 is 1.94 bits per heavy atom. The van der Waals surface area contributed by atoms with Crippen molar-refractivity contribution < 1.29 is 9.90 Å². The molecular formula is C12H26N4O2. The summed E-state index contributed by atoms with van der Waals surface area (Å²) in [6.45, 7) is 9.71. The van der Waals surface area contributed by atoms with E-state index in [0.717, 1.165) is 32.6 Å². The van der Waals surface area contributed by atoms with E-state index in [1.807, 2.05) is 20.8 Å². The number of nitrogens with two attached hydrogens (primary N) is 1. The Morgan fingerprint density at radius 3 is 2.33 bits per heavy atom. The van der Waals surface area contributed by atoms with Crippen LogP contribution in [-0.2, 0) is 4.79 Å². The van der Waals surface area contributed by atoms with E-state index < -0.39 is 5.60 Å². The largest absolute Gasteiger partial charge is 0.389 e. The fourth-order valence-electron chi connectivity index (χ4n) is 2.49. The van der Waals surface area contributed by atoms with Gasteiger partial charge in [-0.1, -0.05) is 6.92 Å². The van der Waals surface area contributed by atoms with Crippen LogP contribution >= 0.6 is 0 Å². The molecule has 4 N–H and O–H groups in total. The number of β-amino-alcohol motifs (C(OH)–C–C–N with tert-alkyl or cyclic N) is 1. The van der Waals surface area contributed by atoms with Gasteiger partial charge in [0.1, 0.15) is 0 Å². The minimum atomic E-state index is -0.666. The van der Waals surface area contributed by atoms with E-state index in [2.05, 4.69) is 15.2 Å². The van der Waals surface area contributed by atoms with Gasteiger partial charge in [0.25, 0.3) is 5.91 Å². The lowest BCUT2D eigenvalue weighted by Crippen LogP contribution is -2.57. The van der Waals surface area contributed by atoms with E-state index in [1.54, 1.807) is 0 Å². The molecule has 0 aromatic carbocycles. The van der Waals surface area contributed by atoms with Crippen molar-refractivity contribution in [3.05, 3.63) is 0 Å². The van der Waals surface area contributed by atoms with Crippen molar-refractivity contribution >= 4 is 5.91 Å². The fraction of sp³-hybridized carbons (Fsp3) is 0.917. The molecule has 0 radical (unpaired) electrons. The molecule has 0 aromatic rings. The Bertz CT molecular complexity index is 270. The van der Waals surface area contributed by atoms with Gasteiger partial charge < -0.3 is 5.11 Å². The number of carbonyl (C=O) groups excluding carboxylic acids is 1. The summed E-state index contributed by atoms with van der Waals surface area (Å²) in [5, 5.41) is 9.78. The quantitative estimate of drug-likeness (QED) is 0.340. The lowest BCUT2D eigenvalue weighted by atomic mass is 10.1. The number of aliphatic hydroxyl groups is 1. The first-order chi connectivity index (χ1) is 8.37. The van der Waals surface area contributed by atoms with E-state index in [9.17, 15) is 9.90 Å². The van der Waals surface area contributed by atoms with Crippen molar-refractivity contribution in [1.82, 2.24) is 15.2 Å². The average molecular weight is 258 g/mol. The zero-order valence-electron chi connectivity index (χ0n) is 11.6. The standard InChI is InChI=1S/C12H26N4O2/c1-4-10(11(17)14-13)16-7-5-15(6-8-16)9-12(2,3)18/h10,18H,4-9,13H2,1-3H3,(H,14,17). The third-order valence-corrected chi connectivity index (χ3v) is 3.29. The van der Waals surface area contributed by atoms with Crippen molar-refractivity contribution in [3.63, 3.8) is 0 Å². The predicted molar refractivity (Wildman–Crippen MR) is 70.7 cm³/mol. The van der Waals surface area contributed by atoms with Crippen LogP contribution in [0.5, 0.6) is 0 Å². The van der Waals surface area contributed by atoms with Gasteiger partial charge in [0.15, 0.2) is 0 Å². The van der Waals surface area contributed by atoms with E-state index >= 15 is 0 Å². The topological polar surface area (TPSA) is 81.8 Å². The highest BCUT2D eigenvalue weighted by atomic mass is 16.3. The number of hydrogen-bond acceptors (Lipinski definition) is 5. The number of hydrazine groups is 1. The molecule has 1 rings (SSSR count). The summed E-state index contributed by atoms with van der Waals surface area (Å²) in [6.07, 6.45) is 0.758. The van der Waals surface area contributed by atoms with Gasteiger partial charge in [0.05, 0.1) is 11.6 Å². The van der Waals surface area contributed by atoms with Crippen LogP contribution in [0.4, 0.5) is 0 Å². The Labute approximate surface area is 109 Å². The molecule has 6 nitrogen and oxygen atoms in total. The third-order valence-electron chi connectivity index (χ3n) is 3.29. The minimum Gasteiger partial charge on any atom is -0.389 e. The highest BCUT2D eigenvalue weighted by molar-refractivity contribution is 5.81. The van der Waals surface area contributed by atoms with Crippen LogP contribution in [0.2, 0.25) is 0 Å². The predicted octanol–water partition coefficient (Wildman–Crippen LogP) is -0.857. The lowest BCUT2D eigenvalue weighted by molar-refractivity contribution is -0.127. The molecule has 6 heteroatoms. The molecule has 1 atom stereocenters. The number of nitrogens with one attached hydrogen (secondary N) is 1. The minimum absolute atomic E-state index is 0.117. The molecule has 106 valence electrons. The molecule has 1 fully saturated rings. The Morgan fingerprint density at radius 1 is 1.39 bits per heavy atom. The summed E-state index contributed by atoms with van der Waals surface area (Å²) in [6, 6.07) is -0.140. The van der Waals surface area contributed by atoms with Gasteiger partial charge >= 0.3 is 0 Å². The number of piperazine rings is 1. The van der Waals surface area contributed by atoms with Gasteiger partial charge in [0.2, 0.25) is 0 Å².